The topological polar surface area (TPSA) is 18.5 Å². The highest BCUT2D eigenvalue weighted by molar-refractivity contribution is 4.70. The molecular formula is C12H25O2. The van der Waals surface area contributed by atoms with Gasteiger partial charge in [-0.15, -0.1) is 0 Å². The maximum atomic E-state index is 5.09. The van der Waals surface area contributed by atoms with Gasteiger partial charge in [0.1, 0.15) is 0 Å². The van der Waals surface area contributed by atoms with Gasteiger partial charge in [-0.3, -0.25) is 0 Å². The predicted molar refractivity (Wildman–Crippen MR) is 60.3 cm³/mol. The van der Waals surface area contributed by atoms with Crippen molar-refractivity contribution in [2.24, 2.45) is 5.92 Å². The standard InChI is InChI=1S/C12H25O2/c1-4-12(9-11-14-3)8-6-5-7-10-13-2/h6,12H,4-5,7-11H2,1-3H3. The molecule has 2 nitrogen and oxygen atoms in total. The monoisotopic (exact) mass is 201 g/mol. The largest absolute Gasteiger partial charge is 0.385 e. The van der Waals surface area contributed by atoms with Gasteiger partial charge in [0.15, 0.2) is 0 Å². The van der Waals surface area contributed by atoms with E-state index in [0.29, 0.717) is 0 Å². The minimum atomic E-state index is 0.803. The van der Waals surface area contributed by atoms with Crippen LogP contribution in [0.15, 0.2) is 0 Å². The Labute approximate surface area is 89.0 Å². The molecule has 0 fully saturated rings. The van der Waals surface area contributed by atoms with E-state index in [1.165, 1.54) is 25.7 Å². The van der Waals surface area contributed by atoms with Crippen molar-refractivity contribution in [2.75, 3.05) is 27.4 Å². The molecule has 0 N–H and O–H groups in total. The summed E-state index contributed by atoms with van der Waals surface area (Å²) in [5.74, 6) is 0.803. The number of ether oxygens (including phenoxy) is 2. The van der Waals surface area contributed by atoms with Gasteiger partial charge in [0.05, 0.1) is 0 Å². The van der Waals surface area contributed by atoms with Crippen molar-refractivity contribution in [3.8, 4) is 0 Å². The molecule has 1 atom stereocenters. The van der Waals surface area contributed by atoms with Crippen LogP contribution in [0.4, 0.5) is 0 Å². The van der Waals surface area contributed by atoms with Gasteiger partial charge in [-0.2, -0.15) is 0 Å². The van der Waals surface area contributed by atoms with Gasteiger partial charge in [-0.25, -0.2) is 0 Å². The zero-order valence-electron chi connectivity index (χ0n) is 9.92. The summed E-state index contributed by atoms with van der Waals surface area (Å²) in [4.78, 5) is 0. The summed E-state index contributed by atoms with van der Waals surface area (Å²) < 4.78 is 10.1. The predicted octanol–water partition coefficient (Wildman–Crippen LogP) is 3.07. The third-order valence-corrected chi connectivity index (χ3v) is 2.56. The Morgan fingerprint density at radius 3 is 2.43 bits per heavy atom. The fraction of sp³-hybridized carbons (Fsp3) is 0.917. The van der Waals surface area contributed by atoms with Crippen LogP contribution in [0, 0.1) is 12.3 Å². The molecule has 0 heterocycles. The smallest absolute Gasteiger partial charge is 0.0464 e. The molecule has 0 rings (SSSR count). The Morgan fingerprint density at radius 2 is 1.86 bits per heavy atom. The molecule has 0 aromatic rings. The van der Waals surface area contributed by atoms with Crippen LogP contribution in [-0.4, -0.2) is 27.4 Å². The second kappa shape index (κ2) is 11.0. The van der Waals surface area contributed by atoms with Crippen LogP contribution in [0.25, 0.3) is 0 Å². The van der Waals surface area contributed by atoms with E-state index >= 15 is 0 Å². The van der Waals surface area contributed by atoms with Crippen LogP contribution < -0.4 is 0 Å². The molecule has 2 heteroatoms. The Bertz CT molecular complexity index is 104. The van der Waals surface area contributed by atoms with Gasteiger partial charge < -0.3 is 9.47 Å². The van der Waals surface area contributed by atoms with Crippen LogP contribution in [0.1, 0.15) is 39.0 Å². The highest BCUT2D eigenvalue weighted by Crippen LogP contribution is 2.16. The molecule has 0 amide bonds. The Kier molecular flexibility index (Phi) is 10.9. The number of rotatable bonds is 10. The van der Waals surface area contributed by atoms with Crippen molar-refractivity contribution < 1.29 is 9.47 Å². The zero-order chi connectivity index (χ0) is 10.6. The minimum absolute atomic E-state index is 0.803. The Balaban J connectivity index is 3.24. The number of hydrogen-bond acceptors (Lipinski definition) is 2. The molecule has 0 aromatic carbocycles. The fourth-order valence-electron chi connectivity index (χ4n) is 1.50. The first kappa shape index (κ1) is 13.9. The Hall–Kier alpha value is -0.0800. The van der Waals surface area contributed by atoms with Crippen LogP contribution in [-0.2, 0) is 9.47 Å². The van der Waals surface area contributed by atoms with E-state index in [9.17, 15) is 0 Å². The fourth-order valence-corrected chi connectivity index (χ4v) is 1.50. The van der Waals surface area contributed by atoms with Gasteiger partial charge in [-0.1, -0.05) is 13.3 Å². The second-order valence-corrected chi connectivity index (χ2v) is 3.72. The number of methoxy groups -OCH3 is 2. The van der Waals surface area contributed by atoms with Crippen LogP contribution in [0.2, 0.25) is 0 Å². The van der Waals surface area contributed by atoms with E-state index < -0.39 is 0 Å². The first-order valence-corrected chi connectivity index (χ1v) is 5.64. The molecule has 85 valence electrons. The zero-order valence-corrected chi connectivity index (χ0v) is 9.92. The molecule has 0 aliphatic rings. The number of unbranched alkanes of at least 4 members (excludes halogenated alkanes) is 2. The summed E-state index contributed by atoms with van der Waals surface area (Å²) in [6.07, 6.45) is 8.39. The van der Waals surface area contributed by atoms with E-state index in [4.69, 9.17) is 9.47 Å². The highest BCUT2D eigenvalue weighted by Gasteiger charge is 2.05. The van der Waals surface area contributed by atoms with Crippen LogP contribution in [0.3, 0.4) is 0 Å². The van der Waals surface area contributed by atoms with Gasteiger partial charge in [-0.05, 0) is 38.0 Å². The van der Waals surface area contributed by atoms with Crippen LogP contribution in [0.5, 0.6) is 0 Å². The minimum Gasteiger partial charge on any atom is -0.385 e. The molecule has 14 heavy (non-hydrogen) atoms. The van der Waals surface area contributed by atoms with Crippen molar-refractivity contribution >= 4 is 0 Å². The quantitative estimate of drug-likeness (QED) is 0.506. The molecule has 0 saturated heterocycles. The molecule has 0 aliphatic heterocycles. The van der Waals surface area contributed by atoms with Crippen molar-refractivity contribution in [1.82, 2.24) is 0 Å². The van der Waals surface area contributed by atoms with Gasteiger partial charge in [0.2, 0.25) is 0 Å². The van der Waals surface area contributed by atoms with E-state index in [-0.39, 0.29) is 0 Å². The summed E-state index contributed by atoms with van der Waals surface area (Å²) >= 11 is 0. The average molecular weight is 201 g/mol. The summed E-state index contributed by atoms with van der Waals surface area (Å²) in [6, 6.07) is 0. The normalized spacial score (nSPS) is 13.1. The average Bonchev–Trinajstić information content (AvgIpc) is 2.22. The molecule has 1 unspecified atom stereocenters. The molecule has 0 aromatic heterocycles. The lowest BCUT2D eigenvalue weighted by molar-refractivity contribution is 0.174. The molecule has 0 bridgehead atoms. The van der Waals surface area contributed by atoms with Crippen molar-refractivity contribution in [3.05, 3.63) is 6.42 Å². The first-order valence-electron chi connectivity index (χ1n) is 5.64. The maximum Gasteiger partial charge on any atom is 0.0464 e. The molecule has 0 saturated carbocycles. The summed E-state index contributed by atoms with van der Waals surface area (Å²) in [7, 11) is 3.53. The third kappa shape index (κ3) is 8.52. The van der Waals surface area contributed by atoms with Crippen molar-refractivity contribution in [1.29, 1.82) is 0 Å². The van der Waals surface area contributed by atoms with Gasteiger partial charge >= 0.3 is 0 Å². The van der Waals surface area contributed by atoms with E-state index in [1.807, 2.05) is 0 Å². The summed E-state index contributed by atoms with van der Waals surface area (Å²) in [5.41, 5.74) is 0. The lowest BCUT2D eigenvalue weighted by Crippen LogP contribution is -2.03. The van der Waals surface area contributed by atoms with Crippen molar-refractivity contribution in [3.63, 3.8) is 0 Å². The lowest BCUT2D eigenvalue weighted by Gasteiger charge is -2.13. The lowest BCUT2D eigenvalue weighted by atomic mass is 9.96. The SMILES string of the molecule is CCC(C[CH]CCCOC)CCOC. The molecule has 0 aliphatic carbocycles. The van der Waals surface area contributed by atoms with Crippen LogP contribution >= 0.6 is 0 Å². The molecule has 0 spiro atoms. The van der Waals surface area contributed by atoms with E-state index in [1.54, 1.807) is 14.2 Å². The molecule has 1 radical (unpaired) electrons. The van der Waals surface area contributed by atoms with Gasteiger partial charge in [0.25, 0.3) is 0 Å². The van der Waals surface area contributed by atoms with Gasteiger partial charge in [0, 0.05) is 27.4 Å². The summed E-state index contributed by atoms with van der Waals surface area (Å²) in [5, 5.41) is 0. The van der Waals surface area contributed by atoms with E-state index in [0.717, 1.165) is 25.6 Å². The van der Waals surface area contributed by atoms with E-state index in [2.05, 4.69) is 13.3 Å². The molecular weight excluding hydrogens is 176 g/mol. The first-order chi connectivity index (χ1) is 6.85. The number of hydrogen-bond donors (Lipinski definition) is 0. The highest BCUT2D eigenvalue weighted by atomic mass is 16.5. The van der Waals surface area contributed by atoms with Crippen molar-refractivity contribution in [2.45, 2.75) is 39.0 Å². The maximum absolute atomic E-state index is 5.09. The second-order valence-electron chi connectivity index (χ2n) is 3.72. The third-order valence-electron chi connectivity index (χ3n) is 2.56. The Morgan fingerprint density at radius 1 is 1.14 bits per heavy atom. The summed E-state index contributed by atoms with van der Waals surface area (Å²) in [6.45, 7) is 4.03.